The molecule has 0 saturated carbocycles. The van der Waals surface area contributed by atoms with Gasteiger partial charge in [-0.05, 0) is 24.3 Å². The second-order valence-corrected chi connectivity index (χ2v) is 6.74. The van der Waals surface area contributed by atoms with Gasteiger partial charge in [0, 0.05) is 38.6 Å². The van der Waals surface area contributed by atoms with Crippen molar-refractivity contribution in [3.8, 4) is 0 Å². The summed E-state index contributed by atoms with van der Waals surface area (Å²) >= 11 is 0. The molecular formula is C20H23N5O3. The van der Waals surface area contributed by atoms with E-state index in [-0.39, 0.29) is 5.91 Å². The molecule has 0 aliphatic carbocycles. The number of amides is 1. The SMILES string of the molecule is O=C(CN(Cc1ccco1)Cc1ccco1)N1CCN(c2cnccn2)CC1. The molecule has 8 heteroatoms. The maximum Gasteiger partial charge on any atom is 0.236 e. The van der Waals surface area contributed by atoms with Gasteiger partial charge in [-0.25, -0.2) is 4.98 Å². The van der Waals surface area contributed by atoms with Crippen LogP contribution in [0.15, 0.2) is 64.2 Å². The van der Waals surface area contributed by atoms with Crippen molar-refractivity contribution in [2.24, 2.45) is 0 Å². The number of piperazine rings is 1. The van der Waals surface area contributed by atoms with Crippen molar-refractivity contribution >= 4 is 11.7 Å². The number of carbonyl (C=O) groups excluding carboxylic acids is 1. The number of aromatic nitrogens is 2. The lowest BCUT2D eigenvalue weighted by molar-refractivity contribution is -0.133. The molecule has 3 aromatic rings. The van der Waals surface area contributed by atoms with Gasteiger partial charge in [0.1, 0.15) is 17.3 Å². The molecule has 1 fully saturated rings. The molecule has 1 aliphatic heterocycles. The maximum atomic E-state index is 12.9. The summed E-state index contributed by atoms with van der Waals surface area (Å²) in [6.07, 6.45) is 8.40. The first-order chi connectivity index (χ1) is 13.8. The Morgan fingerprint density at radius 2 is 1.68 bits per heavy atom. The van der Waals surface area contributed by atoms with Crippen LogP contribution in [0.5, 0.6) is 0 Å². The highest BCUT2D eigenvalue weighted by molar-refractivity contribution is 5.78. The molecule has 0 N–H and O–H groups in total. The zero-order chi connectivity index (χ0) is 19.2. The Morgan fingerprint density at radius 1 is 1.00 bits per heavy atom. The Bertz CT molecular complexity index is 807. The summed E-state index contributed by atoms with van der Waals surface area (Å²) in [4.78, 5) is 27.4. The molecule has 0 unspecified atom stereocenters. The second-order valence-electron chi connectivity index (χ2n) is 6.74. The van der Waals surface area contributed by atoms with Gasteiger partial charge in [-0.2, -0.15) is 0 Å². The highest BCUT2D eigenvalue weighted by Gasteiger charge is 2.24. The topological polar surface area (TPSA) is 78.9 Å². The first-order valence-corrected chi connectivity index (χ1v) is 9.34. The molecule has 0 spiro atoms. The van der Waals surface area contributed by atoms with E-state index in [2.05, 4.69) is 14.9 Å². The molecule has 3 aromatic heterocycles. The van der Waals surface area contributed by atoms with Crippen LogP contribution in [-0.4, -0.2) is 58.4 Å². The van der Waals surface area contributed by atoms with Crippen molar-refractivity contribution < 1.29 is 13.6 Å². The summed E-state index contributed by atoms with van der Waals surface area (Å²) in [6, 6.07) is 7.54. The normalized spacial score (nSPS) is 14.6. The lowest BCUT2D eigenvalue weighted by Gasteiger charge is -2.36. The van der Waals surface area contributed by atoms with E-state index >= 15 is 0 Å². The minimum absolute atomic E-state index is 0.108. The van der Waals surface area contributed by atoms with Gasteiger partial charge in [0.15, 0.2) is 0 Å². The second kappa shape index (κ2) is 8.71. The molecule has 4 heterocycles. The molecule has 0 atom stereocenters. The summed E-state index contributed by atoms with van der Waals surface area (Å²) < 4.78 is 10.9. The van der Waals surface area contributed by atoms with E-state index in [4.69, 9.17) is 8.83 Å². The quantitative estimate of drug-likeness (QED) is 0.619. The lowest BCUT2D eigenvalue weighted by atomic mass is 10.3. The predicted octanol–water partition coefficient (Wildman–Crippen LogP) is 2.01. The van der Waals surface area contributed by atoms with Gasteiger partial charge in [-0.15, -0.1) is 0 Å². The molecule has 1 saturated heterocycles. The summed E-state index contributed by atoms with van der Waals surface area (Å²) in [5.74, 6) is 2.61. The Kier molecular flexibility index (Phi) is 5.67. The average Bonchev–Trinajstić information content (AvgIpc) is 3.43. The van der Waals surface area contributed by atoms with E-state index in [1.165, 1.54) is 0 Å². The molecule has 0 radical (unpaired) electrons. The standard InChI is InChI=1S/C20H23N5O3/c26-20(25-9-7-24(8-10-25)19-13-21-5-6-22-19)16-23(14-17-3-1-11-27-17)15-18-4-2-12-28-18/h1-6,11-13H,7-10,14-16H2. The van der Waals surface area contributed by atoms with E-state index in [1.807, 2.05) is 34.1 Å². The van der Waals surface area contributed by atoms with Crippen LogP contribution in [0.25, 0.3) is 0 Å². The van der Waals surface area contributed by atoms with E-state index < -0.39 is 0 Å². The first-order valence-electron chi connectivity index (χ1n) is 9.34. The molecule has 146 valence electrons. The zero-order valence-electron chi connectivity index (χ0n) is 15.6. The number of hydrogen-bond acceptors (Lipinski definition) is 7. The average molecular weight is 381 g/mol. The molecule has 4 rings (SSSR count). The van der Waals surface area contributed by atoms with Gasteiger partial charge < -0.3 is 18.6 Å². The number of anilines is 1. The maximum absolute atomic E-state index is 12.9. The van der Waals surface area contributed by atoms with Crippen LogP contribution in [-0.2, 0) is 17.9 Å². The summed E-state index contributed by atoms with van der Waals surface area (Å²) in [6.45, 7) is 4.27. The highest BCUT2D eigenvalue weighted by Crippen LogP contribution is 2.14. The smallest absolute Gasteiger partial charge is 0.236 e. The van der Waals surface area contributed by atoms with E-state index in [0.29, 0.717) is 32.7 Å². The number of carbonyl (C=O) groups is 1. The monoisotopic (exact) mass is 381 g/mol. The molecular weight excluding hydrogens is 358 g/mol. The van der Waals surface area contributed by atoms with Gasteiger partial charge in [0.05, 0.1) is 38.4 Å². The van der Waals surface area contributed by atoms with Crippen molar-refractivity contribution in [2.75, 3.05) is 37.6 Å². The van der Waals surface area contributed by atoms with Crippen LogP contribution in [0, 0.1) is 0 Å². The van der Waals surface area contributed by atoms with Gasteiger partial charge >= 0.3 is 0 Å². The minimum Gasteiger partial charge on any atom is -0.468 e. The predicted molar refractivity (Wildman–Crippen MR) is 102 cm³/mol. The lowest BCUT2D eigenvalue weighted by Crippen LogP contribution is -2.51. The van der Waals surface area contributed by atoms with E-state index in [9.17, 15) is 4.79 Å². The summed E-state index contributed by atoms with van der Waals surface area (Å²) in [7, 11) is 0. The zero-order valence-corrected chi connectivity index (χ0v) is 15.6. The van der Waals surface area contributed by atoms with Gasteiger partial charge in [-0.3, -0.25) is 14.7 Å². The number of rotatable bonds is 7. The third-order valence-corrected chi connectivity index (χ3v) is 4.78. The van der Waals surface area contributed by atoms with Crippen LogP contribution < -0.4 is 4.90 Å². The number of furan rings is 2. The summed E-state index contributed by atoms with van der Waals surface area (Å²) in [5.41, 5.74) is 0. The minimum atomic E-state index is 0.108. The van der Waals surface area contributed by atoms with Crippen LogP contribution in [0.2, 0.25) is 0 Å². The molecule has 1 amide bonds. The third-order valence-electron chi connectivity index (χ3n) is 4.78. The molecule has 0 bridgehead atoms. The van der Waals surface area contributed by atoms with Crippen LogP contribution in [0.1, 0.15) is 11.5 Å². The van der Waals surface area contributed by atoms with Crippen molar-refractivity contribution in [1.29, 1.82) is 0 Å². The van der Waals surface area contributed by atoms with Crippen molar-refractivity contribution in [3.05, 3.63) is 66.9 Å². The van der Waals surface area contributed by atoms with Crippen LogP contribution >= 0.6 is 0 Å². The Labute approximate surface area is 163 Å². The first kappa shape index (κ1) is 18.2. The van der Waals surface area contributed by atoms with Crippen LogP contribution in [0.3, 0.4) is 0 Å². The van der Waals surface area contributed by atoms with Gasteiger partial charge in [-0.1, -0.05) is 0 Å². The van der Waals surface area contributed by atoms with E-state index in [0.717, 1.165) is 30.4 Å². The Balaban J connectivity index is 1.34. The molecule has 8 nitrogen and oxygen atoms in total. The summed E-state index contributed by atoms with van der Waals surface area (Å²) in [5, 5.41) is 0. The Hall–Kier alpha value is -3.13. The largest absolute Gasteiger partial charge is 0.468 e. The highest BCUT2D eigenvalue weighted by atomic mass is 16.3. The van der Waals surface area contributed by atoms with Crippen molar-refractivity contribution in [3.63, 3.8) is 0 Å². The number of nitrogens with zero attached hydrogens (tertiary/aromatic N) is 5. The molecule has 28 heavy (non-hydrogen) atoms. The fourth-order valence-electron chi connectivity index (χ4n) is 3.34. The van der Waals surface area contributed by atoms with Crippen molar-refractivity contribution in [1.82, 2.24) is 19.8 Å². The fraction of sp³-hybridized carbons (Fsp3) is 0.350. The molecule has 0 aromatic carbocycles. The third kappa shape index (κ3) is 4.58. The number of hydrogen-bond donors (Lipinski definition) is 0. The van der Waals surface area contributed by atoms with Gasteiger partial charge in [0.25, 0.3) is 0 Å². The van der Waals surface area contributed by atoms with E-state index in [1.54, 1.807) is 31.1 Å². The Morgan fingerprint density at radius 3 is 2.21 bits per heavy atom. The van der Waals surface area contributed by atoms with Crippen molar-refractivity contribution in [2.45, 2.75) is 13.1 Å². The van der Waals surface area contributed by atoms with Gasteiger partial charge in [0.2, 0.25) is 5.91 Å². The van der Waals surface area contributed by atoms with Crippen LogP contribution in [0.4, 0.5) is 5.82 Å². The molecule has 1 aliphatic rings. The fourth-order valence-corrected chi connectivity index (χ4v) is 3.34.